The molecule has 0 bridgehead atoms. The van der Waals surface area contributed by atoms with E-state index in [1.807, 2.05) is 6.07 Å². The summed E-state index contributed by atoms with van der Waals surface area (Å²) in [6, 6.07) is 7.18. The third-order valence-electron chi connectivity index (χ3n) is 2.24. The summed E-state index contributed by atoms with van der Waals surface area (Å²) >= 11 is 3.34. The number of pyridine rings is 1. The molecule has 94 valence electrons. The van der Waals surface area contributed by atoms with Crippen LogP contribution < -0.4 is 14.2 Å². The third kappa shape index (κ3) is 3.13. The van der Waals surface area contributed by atoms with Crippen molar-refractivity contribution in [2.45, 2.75) is 0 Å². The van der Waals surface area contributed by atoms with Crippen molar-refractivity contribution in [1.82, 2.24) is 4.98 Å². The van der Waals surface area contributed by atoms with E-state index in [-0.39, 0.29) is 0 Å². The maximum absolute atomic E-state index is 5.69. The van der Waals surface area contributed by atoms with Gasteiger partial charge in [0.15, 0.2) is 0 Å². The first-order valence-corrected chi connectivity index (χ1v) is 6.02. The van der Waals surface area contributed by atoms with E-state index in [4.69, 9.17) is 14.2 Å². The Morgan fingerprint density at radius 3 is 2.00 bits per heavy atom. The quantitative estimate of drug-likeness (QED) is 0.864. The van der Waals surface area contributed by atoms with Gasteiger partial charge in [-0.25, -0.2) is 0 Å². The van der Waals surface area contributed by atoms with E-state index in [9.17, 15) is 0 Å². The van der Waals surface area contributed by atoms with Gasteiger partial charge in [-0.1, -0.05) is 0 Å². The number of nitrogens with zero attached hydrogens (tertiary/aromatic N) is 1. The molecular formula is C13H12BrNO3. The van der Waals surface area contributed by atoms with Crippen molar-refractivity contribution < 1.29 is 14.2 Å². The topological polar surface area (TPSA) is 40.6 Å². The fourth-order valence-corrected chi connectivity index (χ4v) is 1.77. The van der Waals surface area contributed by atoms with Gasteiger partial charge in [-0.15, -0.1) is 0 Å². The predicted octanol–water partition coefficient (Wildman–Crippen LogP) is 3.65. The van der Waals surface area contributed by atoms with E-state index in [0.29, 0.717) is 23.0 Å². The van der Waals surface area contributed by atoms with Crippen molar-refractivity contribution >= 4 is 15.9 Å². The van der Waals surface area contributed by atoms with Crippen molar-refractivity contribution in [1.29, 1.82) is 0 Å². The van der Waals surface area contributed by atoms with Gasteiger partial charge in [0.05, 0.1) is 20.4 Å². The van der Waals surface area contributed by atoms with Crippen LogP contribution in [0.4, 0.5) is 0 Å². The van der Waals surface area contributed by atoms with Gasteiger partial charge in [0.2, 0.25) is 0 Å². The molecule has 0 radical (unpaired) electrons. The molecule has 0 aliphatic rings. The molecule has 0 saturated carbocycles. The maximum atomic E-state index is 5.69. The van der Waals surface area contributed by atoms with Gasteiger partial charge in [-0.05, 0) is 22.0 Å². The summed E-state index contributed by atoms with van der Waals surface area (Å²) < 4.78 is 16.9. The number of benzene rings is 1. The lowest BCUT2D eigenvalue weighted by Gasteiger charge is -2.09. The van der Waals surface area contributed by atoms with Crippen molar-refractivity contribution in [2.24, 2.45) is 0 Å². The van der Waals surface area contributed by atoms with Crippen LogP contribution in [0.5, 0.6) is 23.0 Å². The monoisotopic (exact) mass is 309 g/mol. The fourth-order valence-electron chi connectivity index (χ4n) is 1.42. The lowest BCUT2D eigenvalue weighted by molar-refractivity contribution is 0.386. The van der Waals surface area contributed by atoms with Crippen molar-refractivity contribution in [3.05, 3.63) is 41.1 Å². The normalized spacial score (nSPS) is 9.94. The molecule has 0 unspecified atom stereocenters. The standard InChI is InChI=1S/C13H12BrNO3/c1-16-10-4-11(17-2)6-12(5-10)18-13-3-9(14)7-15-8-13/h3-8H,1-2H3. The van der Waals surface area contributed by atoms with Crippen molar-refractivity contribution in [2.75, 3.05) is 14.2 Å². The summed E-state index contributed by atoms with van der Waals surface area (Å²) in [7, 11) is 3.19. The molecule has 0 N–H and O–H groups in total. The Morgan fingerprint density at radius 1 is 0.833 bits per heavy atom. The Morgan fingerprint density at radius 2 is 1.44 bits per heavy atom. The van der Waals surface area contributed by atoms with Gasteiger partial charge in [0, 0.05) is 28.9 Å². The Bertz CT molecular complexity index is 523. The minimum atomic E-state index is 0.631. The van der Waals surface area contributed by atoms with Crippen LogP contribution in [0, 0.1) is 0 Å². The highest BCUT2D eigenvalue weighted by atomic mass is 79.9. The molecule has 0 aliphatic heterocycles. The van der Waals surface area contributed by atoms with Crippen LogP contribution in [-0.4, -0.2) is 19.2 Å². The van der Waals surface area contributed by atoms with E-state index < -0.39 is 0 Å². The first-order valence-electron chi connectivity index (χ1n) is 5.23. The van der Waals surface area contributed by atoms with Crippen LogP contribution in [0.15, 0.2) is 41.1 Å². The smallest absolute Gasteiger partial charge is 0.146 e. The summed E-state index contributed by atoms with van der Waals surface area (Å²) in [5.74, 6) is 2.62. The van der Waals surface area contributed by atoms with Gasteiger partial charge in [0.25, 0.3) is 0 Å². The number of halogens is 1. The highest BCUT2D eigenvalue weighted by molar-refractivity contribution is 9.10. The van der Waals surface area contributed by atoms with Crippen LogP contribution in [0.25, 0.3) is 0 Å². The highest BCUT2D eigenvalue weighted by Crippen LogP contribution is 2.31. The molecule has 18 heavy (non-hydrogen) atoms. The Balaban J connectivity index is 2.28. The van der Waals surface area contributed by atoms with E-state index in [0.717, 1.165) is 4.47 Å². The van der Waals surface area contributed by atoms with Crippen LogP contribution >= 0.6 is 15.9 Å². The van der Waals surface area contributed by atoms with Crippen LogP contribution in [-0.2, 0) is 0 Å². The number of rotatable bonds is 4. The lowest BCUT2D eigenvalue weighted by atomic mass is 10.3. The molecule has 1 aromatic carbocycles. The van der Waals surface area contributed by atoms with Gasteiger partial charge < -0.3 is 14.2 Å². The first-order chi connectivity index (χ1) is 8.71. The Kier molecular flexibility index (Phi) is 4.04. The van der Waals surface area contributed by atoms with Gasteiger partial charge in [0.1, 0.15) is 23.0 Å². The zero-order valence-corrected chi connectivity index (χ0v) is 11.6. The van der Waals surface area contributed by atoms with E-state index in [1.54, 1.807) is 44.8 Å². The number of aromatic nitrogens is 1. The van der Waals surface area contributed by atoms with E-state index in [2.05, 4.69) is 20.9 Å². The molecule has 4 nitrogen and oxygen atoms in total. The molecule has 0 atom stereocenters. The average Bonchev–Trinajstić information content (AvgIpc) is 2.38. The molecule has 2 aromatic rings. The van der Waals surface area contributed by atoms with Crippen molar-refractivity contribution in [3.8, 4) is 23.0 Å². The molecule has 1 heterocycles. The minimum absolute atomic E-state index is 0.631. The van der Waals surface area contributed by atoms with E-state index >= 15 is 0 Å². The van der Waals surface area contributed by atoms with Crippen LogP contribution in [0.1, 0.15) is 0 Å². The van der Waals surface area contributed by atoms with Gasteiger partial charge >= 0.3 is 0 Å². The number of hydrogen-bond donors (Lipinski definition) is 0. The third-order valence-corrected chi connectivity index (χ3v) is 2.67. The molecule has 2 rings (SSSR count). The second-order valence-corrected chi connectivity index (χ2v) is 4.40. The largest absolute Gasteiger partial charge is 0.496 e. The molecular weight excluding hydrogens is 298 g/mol. The van der Waals surface area contributed by atoms with Gasteiger partial charge in [-0.2, -0.15) is 0 Å². The number of methoxy groups -OCH3 is 2. The maximum Gasteiger partial charge on any atom is 0.146 e. The molecule has 0 fully saturated rings. The summed E-state index contributed by atoms with van der Waals surface area (Å²) in [6.07, 6.45) is 3.33. The summed E-state index contributed by atoms with van der Waals surface area (Å²) in [5.41, 5.74) is 0. The minimum Gasteiger partial charge on any atom is -0.496 e. The zero-order chi connectivity index (χ0) is 13.0. The summed E-state index contributed by atoms with van der Waals surface area (Å²) in [6.45, 7) is 0. The van der Waals surface area contributed by atoms with E-state index in [1.165, 1.54) is 0 Å². The molecule has 0 spiro atoms. The first kappa shape index (κ1) is 12.7. The highest BCUT2D eigenvalue weighted by Gasteiger charge is 2.04. The molecule has 5 heteroatoms. The molecule has 0 amide bonds. The lowest BCUT2D eigenvalue weighted by Crippen LogP contribution is -1.90. The summed E-state index contributed by atoms with van der Waals surface area (Å²) in [4.78, 5) is 4.03. The Labute approximate surface area is 114 Å². The second kappa shape index (κ2) is 5.73. The summed E-state index contributed by atoms with van der Waals surface area (Å²) in [5, 5.41) is 0. The van der Waals surface area contributed by atoms with Gasteiger partial charge in [-0.3, -0.25) is 4.98 Å². The number of ether oxygens (including phenoxy) is 3. The fraction of sp³-hybridized carbons (Fsp3) is 0.154. The Hall–Kier alpha value is -1.75. The number of hydrogen-bond acceptors (Lipinski definition) is 4. The predicted molar refractivity (Wildman–Crippen MR) is 71.6 cm³/mol. The molecule has 0 saturated heterocycles. The van der Waals surface area contributed by atoms with Crippen LogP contribution in [0.2, 0.25) is 0 Å². The van der Waals surface area contributed by atoms with Crippen molar-refractivity contribution in [3.63, 3.8) is 0 Å². The average molecular weight is 310 g/mol. The van der Waals surface area contributed by atoms with Crippen LogP contribution in [0.3, 0.4) is 0 Å². The second-order valence-electron chi connectivity index (χ2n) is 3.49. The SMILES string of the molecule is COc1cc(OC)cc(Oc2cncc(Br)c2)c1. The molecule has 1 aromatic heterocycles. The zero-order valence-electron chi connectivity index (χ0n) is 10.0. The molecule has 0 aliphatic carbocycles.